The number of methoxy groups -OCH3 is 1. The van der Waals surface area contributed by atoms with Crippen LogP contribution in [-0.2, 0) is 6.42 Å². The van der Waals surface area contributed by atoms with Gasteiger partial charge in [-0.25, -0.2) is 9.97 Å². The van der Waals surface area contributed by atoms with Crippen LogP contribution in [0.25, 0.3) is 0 Å². The Kier molecular flexibility index (Phi) is 4.15. The minimum absolute atomic E-state index is 0.700. The number of anilines is 1. The van der Waals surface area contributed by atoms with Gasteiger partial charge in [0, 0.05) is 19.7 Å². The van der Waals surface area contributed by atoms with E-state index >= 15 is 0 Å². The summed E-state index contributed by atoms with van der Waals surface area (Å²) in [6.45, 7) is 0. The van der Waals surface area contributed by atoms with Gasteiger partial charge in [-0.05, 0) is 33.6 Å². The molecule has 0 bridgehead atoms. The second kappa shape index (κ2) is 5.82. The van der Waals surface area contributed by atoms with Crippen LogP contribution in [-0.4, -0.2) is 24.1 Å². The Morgan fingerprint density at radius 3 is 2.61 bits per heavy atom. The summed E-state index contributed by atoms with van der Waals surface area (Å²) in [4.78, 5) is 8.72. The number of halogens is 1. The smallest absolute Gasteiger partial charge is 0.143 e. The molecular weight excluding hydrogens is 294 g/mol. The number of ether oxygens (including phenoxy) is 1. The van der Waals surface area contributed by atoms with Crippen LogP contribution in [0.15, 0.2) is 34.9 Å². The van der Waals surface area contributed by atoms with Crippen molar-refractivity contribution in [1.82, 2.24) is 9.97 Å². The molecule has 0 fully saturated rings. The molecular formula is C13H14BrN3O. The van der Waals surface area contributed by atoms with Gasteiger partial charge in [-0.1, -0.05) is 12.1 Å². The number of benzene rings is 1. The van der Waals surface area contributed by atoms with Crippen molar-refractivity contribution in [2.45, 2.75) is 6.42 Å². The predicted molar refractivity (Wildman–Crippen MR) is 75.1 cm³/mol. The zero-order valence-corrected chi connectivity index (χ0v) is 11.9. The predicted octanol–water partition coefficient (Wildman–Crippen LogP) is 2.88. The highest BCUT2D eigenvalue weighted by atomic mass is 79.9. The van der Waals surface area contributed by atoms with E-state index in [2.05, 4.69) is 31.2 Å². The molecule has 1 N–H and O–H groups in total. The number of nitrogens with zero attached hydrogens (tertiary/aromatic N) is 2. The molecule has 0 atom stereocenters. The van der Waals surface area contributed by atoms with Gasteiger partial charge in [-0.15, -0.1) is 0 Å². The van der Waals surface area contributed by atoms with Crippen LogP contribution in [0.3, 0.4) is 0 Å². The SMILES string of the molecule is CNc1nc(Cc2ccc(OC)cc2)ncc1Br. The summed E-state index contributed by atoms with van der Waals surface area (Å²) in [5.41, 5.74) is 1.15. The zero-order chi connectivity index (χ0) is 13.0. The maximum Gasteiger partial charge on any atom is 0.143 e. The molecule has 2 rings (SSSR count). The summed E-state index contributed by atoms with van der Waals surface area (Å²) in [6.07, 6.45) is 2.46. The molecule has 1 aromatic carbocycles. The maximum absolute atomic E-state index is 5.12. The van der Waals surface area contributed by atoms with E-state index in [1.54, 1.807) is 13.3 Å². The van der Waals surface area contributed by atoms with Gasteiger partial charge in [0.1, 0.15) is 17.4 Å². The summed E-state index contributed by atoms with van der Waals surface area (Å²) >= 11 is 3.39. The molecule has 1 heterocycles. The van der Waals surface area contributed by atoms with Gasteiger partial charge >= 0.3 is 0 Å². The standard InChI is InChI=1S/C13H14BrN3O/c1-15-13-11(14)8-16-12(17-13)7-9-3-5-10(18-2)6-4-9/h3-6,8H,7H2,1-2H3,(H,15,16,17). The van der Waals surface area contributed by atoms with Crippen molar-refractivity contribution in [1.29, 1.82) is 0 Å². The van der Waals surface area contributed by atoms with Crippen LogP contribution in [0.5, 0.6) is 5.75 Å². The third kappa shape index (κ3) is 2.98. The van der Waals surface area contributed by atoms with E-state index in [4.69, 9.17) is 4.74 Å². The summed E-state index contributed by atoms with van der Waals surface area (Å²) in [6, 6.07) is 7.91. The lowest BCUT2D eigenvalue weighted by molar-refractivity contribution is 0.414. The van der Waals surface area contributed by atoms with E-state index in [1.165, 1.54) is 0 Å². The van der Waals surface area contributed by atoms with Crippen molar-refractivity contribution in [2.24, 2.45) is 0 Å². The Balaban J connectivity index is 2.17. The average molecular weight is 308 g/mol. The lowest BCUT2D eigenvalue weighted by Crippen LogP contribution is -2.01. The van der Waals surface area contributed by atoms with Crippen LogP contribution in [0.4, 0.5) is 5.82 Å². The van der Waals surface area contributed by atoms with Crippen LogP contribution in [0.2, 0.25) is 0 Å². The highest BCUT2D eigenvalue weighted by Crippen LogP contribution is 2.19. The summed E-state index contributed by atoms with van der Waals surface area (Å²) in [7, 11) is 3.50. The topological polar surface area (TPSA) is 47.0 Å². The largest absolute Gasteiger partial charge is 0.497 e. The molecule has 18 heavy (non-hydrogen) atoms. The van der Waals surface area contributed by atoms with Gasteiger partial charge in [0.15, 0.2) is 0 Å². The second-order valence-corrected chi connectivity index (χ2v) is 4.61. The van der Waals surface area contributed by atoms with Crippen LogP contribution in [0.1, 0.15) is 11.4 Å². The molecule has 0 aliphatic carbocycles. The monoisotopic (exact) mass is 307 g/mol. The van der Waals surface area contributed by atoms with E-state index < -0.39 is 0 Å². The van der Waals surface area contributed by atoms with Gasteiger partial charge in [0.2, 0.25) is 0 Å². The lowest BCUT2D eigenvalue weighted by atomic mass is 10.1. The quantitative estimate of drug-likeness (QED) is 0.943. The Hall–Kier alpha value is -1.62. The van der Waals surface area contributed by atoms with Gasteiger partial charge in [-0.3, -0.25) is 0 Å². The fourth-order valence-electron chi connectivity index (χ4n) is 1.59. The number of aromatic nitrogens is 2. The fraction of sp³-hybridized carbons (Fsp3) is 0.231. The Labute approximate surface area is 115 Å². The third-order valence-electron chi connectivity index (χ3n) is 2.55. The highest BCUT2D eigenvalue weighted by molar-refractivity contribution is 9.10. The maximum atomic E-state index is 5.12. The molecule has 5 heteroatoms. The Morgan fingerprint density at radius 1 is 1.28 bits per heavy atom. The van der Waals surface area contributed by atoms with E-state index in [9.17, 15) is 0 Å². The van der Waals surface area contributed by atoms with Gasteiger partial charge in [-0.2, -0.15) is 0 Å². The molecule has 0 unspecified atom stereocenters. The second-order valence-electron chi connectivity index (χ2n) is 3.76. The van der Waals surface area contributed by atoms with E-state index in [0.29, 0.717) is 6.42 Å². The van der Waals surface area contributed by atoms with Crippen molar-refractivity contribution in [3.63, 3.8) is 0 Å². The minimum Gasteiger partial charge on any atom is -0.497 e. The Bertz CT molecular complexity index is 528. The lowest BCUT2D eigenvalue weighted by Gasteiger charge is -2.06. The summed E-state index contributed by atoms with van der Waals surface area (Å²) in [5.74, 6) is 2.44. The van der Waals surface area contributed by atoms with Gasteiger partial charge in [0.05, 0.1) is 11.6 Å². The molecule has 0 aliphatic rings. The average Bonchev–Trinajstić information content (AvgIpc) is 2.42. The van der Waals surface area contributed by atoms with Crippen molar-refractivity contribution in [3.05, 3.63) is 46.3 Å². The highest BCUT2D eigenvalue weighted by Gasteiger charge is 2.04. The molecule has 0 radical (unpaired) electrons. The number of hydrogen-bond donors (Lipinski definition) is 1. The molecule has 0 amide bonds. The molecule has 0 aliphatic heterocycles. The third-order valence-corrected chi connectivity index (χ3v) is 3.13. The van der Waals surface area contributed by atoms with E-state index in [1.807, 2.05) is 31.3 Å². The van der Waals surface area contributed by atoms with E-state index in [-0.39, 0.29) is 0 Å². The van der Waals surface area contributed by atoms with Crippen molar-refractivity contribution in [3.8, 4) is 5.75 Å². The normalized spacial score (nSPS) is 10.2. The number of nitrogens with one attached hydrogen (secondary N) is 1. The van der Waals surface area contributed by atoms with Gasteiger partial charge in [0.25, 0.3) is 0 Å². The van der Waals surface area contributed by atoms with Crippen molar-refractivity contribution in [2.75, 3.05) is 19.5 Å². The number of hydrogen-bond acceptors (Lipinski definition) is 4. The molecule has 0 saturated heterocycles. The molecule has 0 saturated carbocycles. The zero-order valence-electron chi connectivity index (χ0n) is 10.3. The molecule has 0 spiro atoms. The van der Waals surface area contributed by atoms with Crippen molar-refractivity contribution < 1.29 is 4.74 Å². The number of rotatable bonds is 4. The molecule has 1 aromatic heterocycles. The van der Waals surface area contributed by atoms with Crippen LogP contribution >= 0.6 is 15.9 Å². The summed E-state index contributed by atoms with van der Waals surface area (Å²) in [5, 5.41) is 3.02. The Morgan fingerprint density at radius 2 is 2.00 bits per heavy atom. The van der Waals surface area contributed by atoms with Crippen LogP contribution < -0.4 is 10.1 Å². The first-order chi connectivity index (χ1) is 8.72. The molecule has 94 valence electrons. The first kappa shape index (κ1) is 12.8. The fourth-order valence-corrected chi connectivity index (χ4v) is 1.98. The molecule has 4 nitrogen and oxygen atoms in total. The first-order valence-corrected chi connectivity index (χ1v) is 6.34. The van der Waals surface area contributed by atoms with Crippen LogP contribution in [0, 0.1) is 0 Å². The first-order valence-electron chi connectivity index (χ1n) is 5.55. The van der Waals surface area contributed by atoms with Gasteiger partial charge < -0.3 is 10.1 Å². The van der Waals surface area contributed by atoms with Crippen molar-refractivity contribution >= 4 is 21.7 Å². The molecule has 2 aromatic rings. The minimum atomic E-state index is 0.700. The summed E-state index contributed by atoms with van der Waals surface area (Å²) < 4.78 is 5.99. The van der Waals surface area contributed by atoms with E-state index in [0.717, 1.165) is 27.4 Å².